The molecule has 0 saturated heterocycles. The Morgan fingerprint density at radius 1 is 1.09 bits per heavy atom. The van der Waals surface area contributed by atoms with Gasteiger partial charge >= 0.3 is 6.18 Å². The second-order valence-corrected chi connectivity index (χ2v) is 8.04. The van der Waals surface area contributed by atoms with Gasteiger partial charge in [-0.15, -0.1) is 11.3 Å². The van der Waals surface area contributed by atoms with Crippen molar-refractivity contribution < 1.29 is 32.2 Å². The number of hydrogen-bond acceptors (Lipinski definition) is 8. The third-order valence-electron chi connectivity index (χ3n) is 4.05. The van der Waals surface area contributed by atoms with Gasteiger partial charge in [-0.05, 0) is 17.5 Å². The molecule has 170 valence electrons. The molecule has 0 aliphatic carbocycles. The topological polar surface area (TPSA) is 82.6 Å². The van der Waals surface area contributed by atoms with E-state index >= 15 is 0 Å². The normalized spacial score (nSPS) is 11.2. The zero-order valence-electron chi connectivity index (χ0n) is 17.1. The number of nitrogens with zero attached hydrogens (tertiary/aromatic N) is 2. The van der Waals surface area contributed by atoms with E-state index in [1.807, 2.05) is 0 Å². The highest BCUT2D eigenvalue weighted by Gasteiger charge is 2.34. The minimum Gasteiger partial charge on any atom is -0.493 e. The van der Waals surface area contributed by atoms with Crippen molar-refractivity contribution in [3.05, 3.63) is 41.4 Å². The van der Waals surface area contributed by atoms with Crippen LogP contribution in [0, 0.1) is 0 Å². The first-order valence-electron chi connectivity index (χ1n) is 8.98. The van der Waals surface area contributed by atoms with Crippen LogP contribution in [0.25, 0.3) is 10.6 Å². The zero-order chi connectivity index (χ0) is 23.3. The van der Waals surface area contributed by atoms with E-state index in [-0.39, 0.29) is 16.6 Å². The highest BCUT2D eigenvalue weighted by molar-refractivity contribution is 7.99. The van der Waals surface area contributed by atoms with Crippen molar-refractivity contribution in [2.45, 2.75) is 11.3 Å². The highest BCUT2D eigenvalue weighted by Crippen LogP contribution is 2.40. The van der Waals surface area contributed by atoms with Crippen LogP contribution in [0.15, 0.2) is 40.9 Å². The number of amides is 1. The fourth-order valence-corrected chi connectivity index (χ4v) is 4.01. The number of methoxy groups -OCH3 is 3. The van der Waals surface area contributed by atoms with Crippen molar-refractivity contribution in [3.63, 3.8) is 0 Å². The molecule has 1 amide bonds. The van der Waals surface area contributed by atoms with Crippen LogP contribution in [0.1, 0.15) is 5.69 Å². The summed E-state index contributed by atoms with van der Waals surface area (Å²) < 4.78 is 55.5. The molecule has 0 fully saturated rings. The molecule has 0 spiro atoms. The quantitative estimate of drug-likeness (QED) is 0.356. The molecular weight excluding hydrogens is 467 g/mol. The summed E-state index contributed by atoms with van der Waals surface area (Å²) in [6.45, 7) is 0. The smallest absolute Gasteiger partial charge is 0.433 e. The fourth-order valence-electron chi connectivity index (χ4n) is 2.67. The molecule has 2 heterocycles. The first-order chi connectivity index (χ1) is 15.2. The summed E-state index contributed by atoms with van der Waals surface area (Å²) in [5.41, 5.74) is -0.548. The predicted molar refractivity (Wildman–Crippen MR) is 116 cm³/mol. The standard InChI is InChI=1S/C20H18F3N3O4S2/c1-28-13-7-11(8-14(29-2)18(13)30-3)24-17(27)10-32-19-25-12(15-5-4-6-31-15)9-16(26-19)20(21,22)23/h4-9H,10H2,1-3H3,(H,24,27). The van der Waals surface area contributed by atoms with Crippen LogP contribution in [0.4, 0.5) is 18.9 Å². The first-order valence-corrected chi connectivity index (χ1v) is 10.8. The molecule has 2 aromatic heterocycles. The molecule has 32 heavy (non-hydrogen) atoms. The molecular formula is C20H18F3N3O4S2. The number of benzene rings is 1. The van der Waals surface area contributed by atoms with Crippen molar-refractivity contribution in [2.24, 2.45) is 0 Å². The molecule has 7 nitrogen and oxygen atoms in total. The van der Waals surface area contributed by atoms with E-state index in [1.54, 1.807) is 29.6 Å². The van der Waals surface area contributed by atoms with E-state index < -0.39 is 17.8 Å². The molecule has 0 aliphatic heterocycles. The first kappa shape index (κ1) is 23.7. The molecule has 1 aromatic carbocycles. The SMILES string of the molecule is COc1cc(NC(=O)CSc2nc(-c3cccs3)cc(C(F)(F)F)n2)cc(OC)c1OC. The maximum Gasteiger partial charge on any atom is 0.433 e. The minimum atomic E-state index is -4.64. The van der Waals surface area contributed by atoms with Gasteiger partial charge in [-0.1, -0.05) is 17.8 Å². The Morgan fingerprint density at radius 2 is 1.78 bits per heavy atom. The fraction of sp³-hybridized carbons (Fsp3) is 0.250. The van der Waals surface area contributed by atoms with E-state index in [9.17, 15) is 18.0 Å². The van der Waals surface area contributed by atoms with Crippen LogP contribution in [-0.4, -0.2) is 43.0 Å². The van der Waals surface area contributed by atoms with Crippen molar-refractivity contribution in [1.29, 1.82) is 0 Å². The van der Waals surface area contributed by atoms with Gasteiger partial charge in [0.1, 0.15) is 5.69 Å². The molecule has 0 unspecified atom stereocenters. The number of thiophene rings is 1. The lowest BCUT2D eigenvalue weighted by atomic mass is 10.2. The van der Waals surface area contributed by atoms with Crippen LogP contribution in [0.3, 0.4) is 0 Å². The summed E-state index contributed by atoms with van der Waals surface area (Å²) in [5.74, 6) is 0.374. The van der Waals surface area contributed by atoms with Gasteiger partial charge in [-0.25, -0.2) is 9.97 Å². The summed E-state index contributed by atoms with van der Waals surface area (Å²) >= 11 is 2.06. The third kappa shape index (κ3) is 5.62. The maximum absolute atomic E-state index is 13.3. The Hall–Kier alpha value is -2.99. The van der Waals surface area contributed by atoms with Crippen molar-refractivity contribution >= 4 is 34.7 Å². The van der Waals surface area contributed by atoms with E-state index in [1.165, 1.54) is 32.7 Å². The van der Waals surface area contributed by atoms with Crippen molar-refractivity contribution in [3.8, 4) is 27.8 Å². The zero-order valence-corrected chi connectivity index (χ0v) is 18.8. The number of nitrogens with one attached hydrogen (secondary N) is 1. The molecule has 3 rings (SSSR count). The number of carbonyl (C=O) groups is 1. The summed E-state index contributed by atoms with van der Waals surface area (Å²) in [6.07, 6.45) is -4.64. The van der Waals surface area contributed by atoms with Crippen LogP contribution in [0.2, 0.25) is 0 Å². The van der Waals surface area contributed by atoms with Crippen molar-refractivity contribution in [1.82, 2.24) is 9.97 Å². The summed E-state index contributed by atoms with van der Waals surface area (Å²) in [7, 11) is 4.33. The number of rotatable bonds is 8. The highest BCUT2D eigenvalue weighted by atomic mass is 32.2. The summed E-state index contributed by atoms with van der Waals surface area (Å²) in [5, 5.41) is 4.24. The number of anilines is 1. The number of hydrogen-bond donors (Lipinski definition) is 1. The summed E-state index contributed by atoms with van der Waals surface area (Å²) in [6, 6.07) is 7.36. The molecule has 0 saturated carbocycles. The maximum atomic E-state index is 13.3. The molecule has 12 heteroatoms. The van der Waals surface area contributed by atoms with Gasteiger partial charge in [0.05, 0.1) is 37.7 Å². The second kappa shape index (κ2) is 10.1. The molecule has 3 aromatic rings. The van der Waals surface area contributed by atoms with Crippen LogP contribution in [0.5, 0.6) is 17.2 Å². The average Bonchev–Trinajstić information content (AvgIpc) is 3.31. The van der Waals surface area contributed by atoms with E-state index in [4.69, 9.17) is 14.2 Å². The van der Waals surface area contributed by atoms with E-state index in [0.29, 0.717) is 27.8 Å². The molecule has 0 aliphatic rings. The number of aromatic nitrogens is 2. The van der Waals surface area contributed by atoms with Crippen LogP contribution >= 0.6 is 23.1 Å². The lowest BCUT2D eigenvalue weighted by Crippen LogP contribution is -2.15. The van der Waals surface area contributed by atoms with Gasteiger partial charge < -0.3 is 19.5 Å². The Labute approximate surface area is 189 Å². The van der Waals surface area contributed by atoms with Gasteiger partial charge in [0.25, 0.3) is 0 Å². The molecule has 1 N–H and O–H groups in total. The third-order valence-corrected chi connectivity index (χ3v) is 5.79. The second-order valence-electron chi connectivity index (χ2n) is 6.15. The molecule has 0 atom stereocenters. The van der Waals surface area contributed by atoms with Crippen molar-refractivity contribution in [2.75, 3.05) is 32.4 Å². The van der Waals surface area contributed by atoms with E-state index in [0.717, 1.165) is 17.8 Å². The Bertz CT molecular complexity index is 1070. The number of ether oxygens (including phenoxy) is 3. The Morgan fingerprint density at radius 3 is 2.31 bits per heavy atom. The average molecular weight is 486 g/mol. The van der Waals surface area contributed by atoms with Gasteiger partial charge in [0.2, 0.25) is 11.7 Å². The van der Waals surface area contributed by atoms with Gasteiger partial charge in [-0.2, -0.15) is 13.2 Å². The molecule has 0 radical (unpaired) electrons. The monoisotopic (exact) mass is 485 g/mol. The van der Waals surface area contributed by atoms with Gasteiger partial charge in [-0.3, -0.25) is 4.79 Å². The largest absolute Gasteiger partial charge is 0.493 e. The Balaban J connectivity index is 1.77. The number of halogens is 3. The van der Waals surface area contributed by atoms with E-state index in [2.05, 4.69) is 15.3 Å². The minimum absolute atomic E-state index is 0.148. The summed E-state index contributed by atoms with van der Waals surface area (Å²) in [4.78, 5) is 20.7. The van der Waals surface area contributed by atoms with Gasteiger partial charge in [0.15, 0.2) is 16.7 Å². The lowest BCUT2D eigenvalue weighted by Gasteiger charge is -2.14. The number of thioether (sulfide) groups is 1. The molecule has 0 bridgehead atoms. The Kier molecular flexibility index (Phi) is 7.46. The van der Waals surface area contributed by atoms with Gasteiger partial charge in [0, 0.05) is 17.8 Å². The van der Waals surface area contributed by atoms with Crippen LogP contribution < -0.4 is 19.5 Å². The van der Waals surface area contributed by atoms with Crippen LogP contribution in [-0.2, 0) is 11.0 Å². The predicted octanol–water partition coefficient (Wildman–Crippen LogP) is 4.98. The lowest BCUT2D eigenvalue weighted by molar-refractivity contribution is -0.141. The number of carbonyl (C=O) groups excluding carboxylic acids is 1. The number of alkyl halides is 3.